The van der Waals surface area contributed by atoms with Crippen LogP contribution >= 0.6 is 0 Å². The van der Waals surface area contributed by atoms with Crippen molar-refractivity contribution in [2.24, 2.45) is 0 Å². The van der Waals surface area contributed by atoms with Gasteiger partial charge in [-0.2, -0.15) is 5.26 Å². The topological polar surface area (TPSA) is 90.6 Å². The molecule has 6 nitrogen and oxygen atoms in total. The van der Waals surface area contributed by atoms with Crippen LogP contribution in [0.5, 0.6) is 0 Å². The van der Waals surface area contributed by atoms with Gasteiger partial charge in [0.1, 0.15) is 6.10 Å². The molecule has 0 spiro atoms. The van der Waals surface area contributed by atoms with E-state index in [9.17, 15) is 9.59 Å². The zero-order valence-corrected chi connectivity index (χ0v) is 10.0. The lowest BCUT2D eigenvalue weighted by molar-refractivity contribution is -0.155. The zero-order valence-electron chi connectivity index (χ0n) is 10.0. The first-order valence-corrected chi connectivity index (χ1v) is 6.19. The molecule has 0 aromatic carbocycles. The molecule has 1 saturated heterocycles. The predicted molar refractivity (Wildman–Crippen MR) is 60.5 cm³/mol. The Morgan fingerprint density at radius 2 is 1.94 bits per heavy atom. The molecule has 18 heavy (non-hydrogen) atoms. The fourth-order valence-corrected chi connectivity index (χ4v) is 2.21. The minimum absolute atomic E-state index is 0.156. The van der Waals surface area contributed by atoms with Crippen LogP contribution in [0.15, 0.2) is 0 Å². The molecule has 98 valence electrons. The van der Waals surface area contributed by atoms with Crippen LogP contribution < -0.4 is 0 Å². The highest BCUT2D eigenvalue weighted by molar-refractivity contribution is 5.83. The lowest BCUT2D eigenvalue weighted by atomic mass is 10.1. The molecule has 1 amide bonds. The Morgan fingerprint density at radius 3 is 2.44 bits per heavy atom. The van der Waals surface area contributed by atoms with Gasteiger partial charge >= 0.3 is 5.97 Å². The van der Waals surface area contributed by atoms with Crippen molar-refractivity contribution in [1.29, 1.82) is 5.26 Å². The summed E-state index contributed by atoms with van der Waals surface area (Å²) in [6.07, 6.45) is 1.55. The number of hydrogen-bond donors (Lipinski definition) is 1. The second-order valence-corrected chi connectivity index (χ2v) is 4.70. The second kappa shape index (κ2) is 5.36. The van der Waals surface area contributed by atoms with Gasteiger partial charge in [0.15, 0.2) is 6.10 Å². The van der Waals surface area contributed by atoms with Gasteiger partial charge in [0, 0.05) is 12.6 Å². The first kappa shape index (κ1) is 12.8. The molecule has 2 fully saturated rings. The Bertz CT molecular complexity index is 386. The highest BCUT2D eigenvalue weighted by atomic mass is 16.5. The Kier molecular flexibility index (Phi) is 3.82. The summed E-state index contributed by atoms with van der Waals surface area (Å²) in [5.41, 5.74) is 0. The highest BCUT2D eigenvalue weighted by Crippen LogP contribution is 2.30. The van der Waals surface area contributed by atoms with E-state index in [2.05, 4.69) is 0 Å². The molecule has 6 heteroatoms. The first-order chi connectivity index (χ1) is 8.63. The maximum atomic E-state index is 12.2. The van der Waals surface area contributed by atoms with E-state index in [4.69, 9.17) is 15.1 Å². The Balaban J connectivity index is 1.93. The summed E-state index contributed by atoms with van der Waals surface area (Å²) in [5.74, 6) is -1.17. The van der Waals surface area contributed by atoms with Crippen molar-refractivity contribution >= 4 is 11.9 Å². The third-order valence-corrected chi connectivity index (χ3v) is 3.31. The summed E-state index contributed by atoms with van der Waals surface area (Å²) in [6, 6.07) is 2.25. The van der Waals surface area contributed by atoms with Crippen LogP contribution in [-0.4, -0.2) is 46.7 Å². The summed E-state index contributed by atoms with van der Waals surface area (Å²) in [4.78, 5) is 24.6. The quantitative estimate of drug-likeness (QED) is 0.770. The molecule has 2 atom stereocenters. The number of carbonyl (C=O) groups excluding carboxylic acids is 1. The summed E-state index contributed by atoms with van der Waals surface area (Å²) in [6.45, 7) is 0.414. The van der Waals surface area contributed by atoms with Crippen LogP contribution in [-0.2, 0) is 14.3 Å². The van der Waals surface area contributed by atoms with E-state index in [1.807, 2.05) is 6.07 Å². The molecule has 1 N–H and O–H groups in total. The molecule has 0 bridgehead atoms. The Hall–Kier alpha value is -1.61. The van der Waals surface area contributed by atoms with Gasteiger partial charge in [-0.3, -0.25) is 4.79 Å². The molecule has 1 aliphatic carbocycles. The van der Waals surface area contributed by atoms with Crippen molar-refractivity contribution in [2.45, 2.75) is 50.4 Å². The van der Waals surface area contributed by atoms with E-state index in [0.29, 0.717) is 25.8 Å². The maximum absolute atomic E-state index is 12.2. The van der Waals surface area contributed by atoms with Crippen molar-refractivity contribution < 1.29 is 19.4 Å². The lowest BCUT2D eigenvalue weighted by Gasteiger charge is -2.24. The van der Waals surface area contributed by atoms with Gasteiger partial charge in [0.05, 0.1) is 12.5 Å². The Morgan fingerprint density at radius 1 is 1.28 bits per heavy atom. The maximum Gasteiger partial charge on any atom is 0.332 e. The van der Waals surface area contributed by atoms with Gasteiger partial charge < -0.3 is 14.7 Å². The molecule has 0 radical (unpaired) electrons. The van der Waals surface area contributed by atoms with Crippen LogP contribution in [0, 0.1) is 11.3 Å². The Labute approximate surface area is 105 Å². The average molecular weight is 252 g/mol. The van der Waals surface area contributed by atoms with Gasteiger partial charge in [-0.1, -0.05) is 0 Å². The molecule has 2 rings (SSSR count). The van der Waals surface area contributed by atoms with Crippen molar-refractivity contribution in [2.75, 3.05) is 6.54 Å². The molecular weight excluding hydrogens is 236 g/mol. The predicted octanol–water partition coefficient (Wildman–Crippen LogP) is 0.523. The summed E-state index contributed by atoms with van der Waals surface area (Å²) >= 11 is 0. The third-order valence-electron chi connectivity index (χ3n) is 3.31. The summed E-state index contributed by atoms with van der Waals surface area (Å²) in [5, 5.41) is 17.4. The number of amides is 1. The minimum atomic E-state index is -1.01. The van der Waals surface area contributed by atoms with Crippen LogP contribution in [0.2, 0.25) is 0 Å². The number of aliphatic carboxylic acids is 1. The number of rotatable bonds is 5. The number of nitriles is 1. The largest absolute Gasteiger partial charge is 0.479 e. The van der Waals surface area contributed by atoms with E-state index >= 15 is 0 Å². The number of carbonyl (C=O) groups is 2. The van der Waals surface area contributed by atoms with Crippen molar-refractivity contribution in [1.82, 2.24) is 4.90 Å². The van der Waals surface area contributed by atoms with Crippen LogP contribution in [0.25, 0.3) is 0 Å². The van der Waals surface area contributed by atoms with E-state index in [1.165, 1.54) is 0 Å². The van der Waals surface area contributed by atoms with Gasteiger partial charge in [-0.05, 0) is 25.7 Å². The number of ether oxygens (including phenoxy) is 1. The van der Waals surface area contributed by atoms with Gasteiger partial charge in [-0.25, -0.2) is 4.79 Å². The SMILES string of the molecule is N#CCCN(C(=O)[C@@H]1CC[C@H](C(=O)O)O1)C1CC1. The molecule has 0 aromatic rings. The average Bonchev–Trinajstić information content (AvgIpc) is 3.05. The minimum Gasteiger partial charge on any atom is -0.479 e. The molecule has 1 saturated carbocycles. The van der Waals surface area contributed by atoms with Crippen molar-refractivity contribution in [3.05, 3.63) is 0 Å². The fourth-order valence-electron chi connectivity index (χ4n) is 2.21. The lowest BCUT2D eigenvalue weighted by Crippen LogP contribution is -2.41. The van der Waals surface area contributed by atoms with Gasteiger partial charge in [0.2, 0.25) is 0 Å². The summed E-state index contributed by atoms with van der Waals surface area (Å²) < 4.78 is 5.25. The first-order valence-electron chi connectivity index (χ1n) is 6.19. The smallest absolute Gasteiger partial charge is 0.332 e. The summed E-state index contributed by atoms with van der Waals surface area (Å²) in [7, 11) is 0. The monoisotopic (exact) mass is 252 g/mol. The number of carboxylic acid groups (broad SMARTS) is 1. The van der Waals surface area contributed by atoms with Gasteiger partial charge in [0.25, 0.3) is 5.91 Å². The fraction of sp³-hybridized carbons (Fsp3) is 0.750. The van der Waals surface area contributed by atoms with Crippen molar-refractivity contribution in [3.8, 4) is 6.07 Å². The number of nitrogens with zero attached hydrogens (tertiary/aromatic N) is 2. The third kappa shape index (κ3) is 2.79. The normalized spacial score (nSPS) is 26.6. The zero-order chi connectivity index (χ0) is 13.1. The van der Waals surface area contributed by atoms with E-state index in [-0.39, 0.29) is 11.9 Å². The standard InChI is InChI=1S/C12H16N2O4/c13-6-1-7-14(8-2-3-8)11(15)9-4-5-10(18-9)12(16)17/h8-10H,1-5,7H2,(H,16,17)/t9-,10+/m0/s1. The van der Waals surface area contributed by atoms with Gasteiger partial charge in [-0.15, -0.1) is 0 Å². The molecule has 1 heterocycles. The van der Waals surface area contributed by atoms with E-state index in [0.717, 1.165) is 12.8 Å². The molecular formula is C12H16N2O4. The van der Waals surface area contributed by atoms with E-state index < -0.39 is 18.2 Å². The number of carboxylic acids is 1. The molecule has 1 aliphatic heterocycles. The molecule has 2 aliphatic rings. The second-order valence-electron chi connectivity index (χ2n) is 4.70. The van der Waals surface area contributed by atoms with E-state index in [1.54, 1.807) is 4.90 Å². The van der Waals surface area contributed by atoms with Crippen LogP contribution in [0.4, 0.5) is 0 Å². The van der Waals surface area contributed by atoms with Crippen LogP contribution in [0.3, 0.4) is 0 Å². The van der Waals surface area contributed by atoms with Crippen molar-refractivity contribution in [3.63, 3.8) is 0 Å². The van der Waals surface area contributed by atoms with Crippen LogP contribution in [0.1, 0.15) is 32.1 Å². The molecule has 0 unspecified atom stereocenters. The molecule has 0 aromatic heterocycles. The highest BCUT2D eigenvalue weighted by Gasteiger charge is 2.40. The number of hydrogen-bond acceptors (Lipinski definition) is 4.